The number of rotatable bonds is 5. The van der Waals surface area contributed by atoms with Crippen LogP contribution in [0.3, 0.4) is 0 Å². The first-order valence-corrected chi connectivity index (χ1v) is 14.8. The van der Waals surface area contributed by atoms with E-state index >= 15 is 0 Å². The van der Waals surface area contributed by atoms with E-state index in [1.165, 1.54) is 11.1 Å². The summed E-state index contributed by atoms with van der Waals surface area (Å²) in [6, 6.07) is 47.0. The summed E-state index contributed by atoms with van der Waals surface area (Å²) >= 11 is 1.74. The molecule has 200 valence electrons. The molecule has 0 radical (unpaired) electrons. The molecule has 0 aliphatic carbocycles. The van der Waals surface area contributed by atoms with Gasteiger partial charge in [-0.15, -0.1) is 0 Å². The molecular weight excluding hydrogens is 520 g/mol. The second-order valence-electron chi connectivity index (χ2n) is 10.3. The molecule has 0 N–H and O–H groups in total. The van der Waals surface area contributed by atoms with Crippen LogP contribution in [0.25, 0.3) is 0 Å². The zero-order chi connectivity index (χ0) is 27.8. The summed E-state index contributed by atoms with van der Waals surface area (Å²) in [6.45, 7) is 4.30. The third kappa shape index (κ3) is 4.34. The number of anilines is 2. The van der Waals surface area contributed by atoms with Crippen molar-refractivity contribution in [2.24, 2.45) is 10.2 Å². The SMILES string of the molecule is CCc1ccc(C2=NN(c3ccccc3)[C@@]3(SC(c4ccc(C)cc4)=NN3c3ccccc3)c3ccccc32)cc1. The fourth-order valence-electron chi connectivity index (χ4n) is 5.50. The van der Waals surface area contributed by atoms with E-state index in [2.05, 4.69) is 145 Å². The molecule has 0 aromatic heterocycles. The third-order valence-corrected chi connectivity index (χ3v) is 9.03. The van der Waals surface area contributed by atoms with Crippen molar-refractivity contribution in [3.63, 3.8) is 0 Å². The second-order valence-corrected chi connectivity index (χ2v) is 11.5. The maximum atomic E-state index is 5.49. The first kappa shape index (κ1) is 25.4. The average molecular weight is 551 g/mol. The summed E-state index contributed by atoms with van der Waals surface area (Å²) in [7, 11) is 0. The van der Waals surface area contributed by atoms with Gasteiger partial charge in [-0.2, -0.15) is 10.2 Å². The van der Waals surface area contributed by atoms with Crippen LogP contribution in [0, 0.1) is 6.92 Å². The number of fused-ring (bicyclic) bond motifs is 2. The lowest BCUT2D eigenvalue weighted by Crippen LogP contribution is -2.54. The molecule has 5 heteroatoms. The zero-order valence-electron chi connectivity index (χ0n) is 23.1. The summed E-state index contributed by atoms with van der Waals surface area (Å²) in [6.07, 6.45) is 1.00. The minimum Gasteiger partial charge on any atom is -0.223 e. The van der Waals surface area contributed by atoms with Gasteiger partial charge in [0.25, 0.3) is 0 Å². The maximum absolute atomic E-state index is 5.49. The van der Waals surface area contributed by atoms with Gasteiger partial charge in [0.05, 0.1) is 17.1 Å². The van der Waals surface area contributed by atoms with Crippen molar-refractivity contribution in [1.82, 2.24) is 0 Å². The molecule has 2 aliphatic rings. The Labute approximate surface area is 245 Å². The van der Waals surface area contributed by atoms with E-state index in [9.17, 15) is 0 Å². The molecule has 0 unspecified atom stereocenters. The highest BCUT2D eigenvalue weighted by molar-refractivity contribution is 8.15. The number of hydrogen-bond acceptors (Lipinski definition) is 5. The zero-order valence-corrected chi connectivity index (χ0v) is 23.9. The molecule has 2 aliphatic heterocycles. The van der Waals surface area contributed by atoms with E-state index in [4.69, 9.17) is 10.2 Å². The Morgan fingerprint density at radius 3 is 1.80 bits per heavy atom. The number of para-hydroxylation sites is 2. The van der Waals surface area contributed by atoms with E-state index in [1.54, 1.807) is 11.8 Å². The average Bonchev–Trinajstić information content (AvgIpc) is 3.43. The highest BCUT2D eigenvalue weighted by Gasteiger charge is 2.55. The fraction of sp³-hybridized carbons (Fsp3) is 0.111. The molecule has 0 bridgehead atoms. The minimum absolute atomic E-state index is 0.785. The lowest BCUT2D eigenvalue weighted by molar-refractivity contribution is 0.550. The molecule has 0 saturated carbocycles. The molecule has 5 aromatic carbocycles. The Hall–Kier alpha value is -4.61. The van der Waals surface area contributed by atoms with Gasteiger partial charge in [0, 0.05) is 22.3 Å². The van der Waals surface area contributed by atoms with Crippen LogP contribution in [0.15, 0.2) is 144 Å². The van der Waals surface area contributed by atoms with Crippen LogP contribution >= 0.6 is 11.8 Å². The standard InChI is InChI=1S/C36H30N4S/c1-3-27-20-24-28(25-21-27)34-32-16-10-11-17-33(32)36(39(37-34)30-12-6-4-7-13-30)40(31-14-8-5-9-15-31)38-35(41-36)29-22-18-26(2)19-23-29/h4-25H,3H2,1-2H3/t36-/m0/s1. The number of nitrogens with zero attached hydrogens (tertiary/aromatic N) is 4. The normalized spacial score (nSPS) is 17.8. The lowest BCUT2D eigenvalue weighted by Gasteiger charge is -2.47. The summed E-state index contributed by atoms with van der Waals surface area (Å²) in [5.41, 5.74) is 9.94. The van der Waals surface area contributed by atoms with Gasteiger partial charge in [0.15, 0.2) is 0 Å². The van der Waals surface area contributed by atoms with E-state index in [0.29, 0.717) is 0 Å². The molecule has 4 nitrogen and oxygen atoms in total. The summed E-state index contributed by atoms with van der Waals surface area (Å²) in [5.74, 6) is 0. The van der Waals surface area contributed by atoms with Crippen LogP contribution in [0.5, 0.6) is 0 Å². The largest absolute Gasteiger partial charge is 0.234 e. The van der Waals surface area contributed by atoms with Crippen molar-refractivity contribution in [3.8, 4) is 0 Å². The smallest absolute Gasteiger partial charge is 0.223 e. The van der Waals surface area contributed by atoms with Crippen LogP contribution in [0.2, 0.25) is 0 Å². The number of hydrazone groups is 2. The Morgan fingerprint density at radius 1 is 0.610 bits per heavy atom. The summed E-state index contributed by atoms with van der Waals surface area (Å²) < 4.78 is 0. The van der Waals surface area contributed by atoms with Crippen LogP contribution in [0.1, 0.15) is 40.3 Å². The van der Waals surface area contributed by atoms with Gasteiger partial charge < -0.3 is 0 Å². The first-order valence-electron chi connectivity index (χ1n) is 14.0. The first-order chi connectivity index (χ1) is 20.2. The highest BCUT2D eigenvalue weighted by atomic mass is 32.2. The molecule has 2 heterocycles. The maximum Gasteiger partial charge on any atom is 0.234 e. The molecule has 5 aromatic rings. The van der Waals surface area contributed by atoms with Crippen LogP contribution in [-0.2, 0) is 11.4 Å². The quantitative estimate of drug-likeness (QED) is 0.220. The Morgan fingerprint density at radius 2 is 1.17 bits per heavy atom. The molecular formula is C36H30N4S. The Balaban J connectivity index is 1.49. The topological polar surface area (TPSA) is 31.2 Å². The lowest BCUT2D eigenvalue weighted by atomic mass is 9.92. The van der Waals surface area contributed by atoms with E-state index in [1.807, 2.05) is 12.1 Å². The van der Waals surface area contributed by atoms with Gasteiger partial charge in [-0.25, -0.2) is 10.0 Å². The molecule has 0 amide bonds. The number of aryl methyl sites for hydroxylation is 2. The van der Waals surface area contributed by atoms with E-state index in [0.717, 1.165) is 50.8 Å². The molecule has 0 saturated heterocycles. The second kappa shape index (κ2) is 10.4. The van der Waals surface area contributed by atoms with Crippen molar-refractivity contribution >= 4 is 33.9 Å². The van der Waals surface area contributed by atoms with Crippen molar-refractivity contribution in [3.05, 3.63) is 167 Å². The van der Waals surface area contributed by atoms with Crippen molar-refractivity contribution in [2.45, 2.75) is 25.3 Å². The van der Waals surface area contributed by atoms with Gasteiger partial charge in [-0.05, 0) is 54.9 Å². The van der Waals surface area contributed by atoms with Crippen molar-refractivity contribution < 1.29 is 0 Å². The van der Waals surface area contributed by atoms with Crippen molar-refractivity contribution in [2.75, 3.05) is 10.0 Å². The molecule has 1 atom stereocenters. The highest BCUT2D eigenvalue weighted by Crippen LogP contribution is 2.55. The number of benzene rings is 5. The van der Waals surface area contributed by atoms with Crippen LogP contribution in [0.4, 0.5) is 11.4 Å². The summed E-state index contributed by atoms with van der Waals surface area (Å²) in [5, 5.41) is 16.1. The van der Waals surface area contributed by atoms with Crippen molar-refractivity contribution in [1.29, 1.82) is 0 Å². The fourth-order valence-corrected chi connectivity index (χ4v) is 6.90. The Bertz CT molecular complexity index is 1750. The van der Waals surface area contributed by atoms with Gasteiger partial charge >= 0.3 is 0 Å². The van der Waals surface area contributed by atoms with Gasteiger partial charge in [-0.3, -0.25) is 0 Å². The van der Waals surface area contributed by atoms with Crippen LogP contribution < -0.4 is 10.0 Å². The van der Waals surface area contributed by atoms with Gasteiger partial charge in [-0.1, -0.05) is 122 Å². The third-order valence-electron chi connectivity index (χ3n) is 7.67. The van der Waals surface area contributed by atoms with Gasteiger partial charge in [0.2, 0.25) is 4.99 Å². The Kier molecular flexibility index (Phi) is 6.44. The summed E-state index contributed by atoms with van der Waals surface area (Å²) in [4.78, 5) is -0.785. The van der Waals surface area contributed by atoms with E-state index in [-0.39, 0.29) is 0 Å². The number of thioether (sulfide) groups is 1. The minimum atomic E-state index is -0.785. The van der Waals surface area contributed by atoms with E-state index < -0.39 is 4.99 Å². The van der Waals surface area contributed by atoms with Crippen LogP contribution in [-0.4, -0.2) is 10.8 Å². The molecule has 41 heavy (non-hydrogen) atoms. The molecule has 0 fully saturated rings. The predicted molar refractivity (Wildman–Crippen MR) is 173 cm³/mol. The predicted octanol–water partition coefficient (Wildman–Crippen LogP) is 8.56. The van der Waals surface area contributed by atoms with Gasteiger partial charge in [0.1, 0.15) is 5.04 Å². The number of hydrogen-bond donors (Lipinski definition) is 0. The molecule has 7 rings (SSSR count). The monoisotopic (exact) mass is 550 g/mol. The molecule has 1 spiro atoms.